The predicted molar refractivity (Wildman–Crippen MR) is 64.1 cm³/mol. The fourth-order valence-electron chi connectivity index (χ4n) is 2.02. The van der Waals surface area contributed by atoms with E-state index in [0.717, 1.165) is 18.6 Å². The maximum atomic E-state index is 12.5. The van der Waals surface area contributed by atoms with Crippen molar-refractivity contribution in [3.05, 3.63) is 11.9 Å². The number of hydrogen-bond donors (Lipinski definition) is 1. The van der Waals surface area contributed by atoms with Gasteiger partial charge in [0.1, 0.15) is 10.8 Å². The third-order valence-electron chi connectivity index (χ3n) is 2.92. The van der Waals surface area contributed by atoms with Crippen LogP contribution in [0.4, 0.5) is 19.0 Å². The second-order valence-corrected chi connectivity index (χ2v) is 5.45. The van der Waals surface area contributed by atoms with Gasteiger partial charge >= 0.3 is 6.18 Å². The molecule has 100 valence electrons. The van der Waals surface area contributed by atoms with Gasteiger partial charge in [0, 0.05) is 11.8 Å². The molecule has 1 aromatic heterocycles. The lowest BCUT2D eigenvalue weighted by atomic mass is 10.1. The van der Waals surface area contributed by atoms with E-state index in [-0.39, 0.29) is 5.82 Å². The van der Waals surface area contributed by atoms with Crippen molar-refractivity contribution in [3.63, 3.8) is 0 Å². The van der Waals surface area contributed by atoms with Crippen LogP contribution < -0.4 is 5.73 Å². The normalized spacial score (nSPS) is 17.3. The molecule has 1 aliphatic carbocycles. The Labute approximate surface area is 107 Å². The van der Waals surface area contributed by atoms with Crippen LogP contribution >= 0.6 is 11.8 Å². The maximum Gasteiger partial charge on any atom is 0.451 e. The number of aromatic nitrogens is 2. The van der Waals surface area contributed by atoms with Crippen LogP contribution in [0.3, 0.4) is 0 Å². The summed E-state index contributed by atoms with van der Waals surface area (Å²) in [6.07, 6.45) is 0.188. The Balaban J connectivity index is 2.05. The summed E-state index contributed by atoms with van der Waals surface area (Å²) in [5, 5.41) is 0.307. The van der Waals surface area contributed by atoms with E-state index in [1.807, 2.05) is 0 Å². The fourth-order valence-corrected chi connectivity index (χ4v) is 3.12. The number of nitrogens with zero attached hydrogens (tertiary/aromatic N) is 2. The van der Waals surface area contributed by atoms with Crippen molar-refractivity contribution >= 4 is 17.6 Å². The Hall–Kier alpha value is -0.980. The van der Waals surface area contributed by atoms with E-state index < -0.39 is 12.0 Å². The molecule has 0 unspecified atom stereocenters. The van der Waals surface area contributed by atoms with Crippen molar-refractivity contribution in [1.82, 2.24) is 9.97 Å². The highest BCUT2D eigenvalue weighted by molar-refractivity contribution is 7.99. The molecule has 1 aliphatic rings. The van der Waals surface area contributed by atoms with Crippen LogP contribution in [0, 0.1) is 5.92 Å². The van der Waals surface area contributed by atoms with Gasteiger partial charge in [-0.15, -0.1) is 11.8 Å². The van der Waals surface area contributed by atoms with Gasteiger partial charge in [-0.3, -0.25) is 0 Å². The van der Waals surface area contributed by atoms with Gasteiger partial charge < -0.3 is 5.73 Å². The SMILES string of the molecule is Nc1cc(SCC2CCCC2)nc(C(F)(F)F)n1. The summed E-state index contributed by atoms with van der Waals surface area (Å²) in [6, 6.07) is 1.40. The minimum Gasteiger partial charge on any atom is -0.384 e. The first-order valence-electron chi connectivity index (χ1n) is 5.79. The Morgan fingerprint density at radius 2 is 1.94 bits per heavy atom. The number of halogens is 3. The largest absolute Gasteiger partial charge is 0.451 e. The van der Waals surface area contributed by atoms with Crippen LogP contribution in [0.2, 0.25) is 0 Å². The molecule has 0 aliphatic heterocycles. The zero-order valence-corrected chi connectivity index (χ0v) is 10.5. The Bertz CT molecular complexity index is 416. The van der Waals surface area contributed by atoms with Gasteiger partial charge in [0.2, 0.25) is 5.82 Å². The van der Waals surface area contributed by atoms with Crippen LogP contribution in [0.25, 0.3) is 0 Å². The summed E-state index contributed by atoms with van der Waals surface area (Å²) in [6.45, 7) is 0. The second-order valence-electron chi connectivity index (χ2n) is 4.41. The minimum atomic E-state index is -4.54. The fraction of sp³-hybridized carbons (Fsp3) is 0.636. The highest BCUT2D eigenvalue weighted by Gasteiger charge is 2.35. The lowest BCUT2D eigenvalue weighted by molar-refractivity contribution is -0.145. The molecule has 0 spiro atoms. The van der Waals surface area contributed by atoms with Crippen molar-refractivity contribution in [2.24, 2.45) is 5.92 Å². The molecule has 1 fully saturated rings. The van der Waals surface area contributed by atoms with Crippen LogP contribution in [-0.4, -0.2) is 15.7 Å². The van der Waals surface area contributed by atoms with Gasteiger partial charge in [-0.1, -0.05) is 12.8 Å². The van der Waals surface area contributed by atoms with Gasteiger partial charge in [-0.2, -0.15) is 13.2 Å². The topological polar surface area (TPSA) is 51.8 Å². The van der Waals surface area contributed by atoms with Gasteiger partial charge in [-0.05, 0) is 18.8 Å². The molecular formula is C11H14F3N3S. The summed E-state index contributed by atoms with van der Waals surface area (Å²) in [7, 11) is 0. The van der Waals surface area contributed by atoms with Gasteiger partial charge in [0.25, 0.3) is 0 Å². The van der Waals surface area contributed by atoms with E-state index >= 15 is 0 Å². The summed E-state index contributed by atoms with van der Waals surface area (Å²) < 4.78 is 37.5. The number of anilines is 1. The minimum absolute atomic E-state index is 0.133. The first-order chi connectivity index (χ1) is 8.45. The van der Waals surface area contributed by atoms with E-state index in [1.165, 1.54) is 30.7 Å². The van der Waals surface area contributed by atoms with Gasteiger partial charge in [0.05, 0.1) is 0 Å². The summed E-state index contributed by atoms with van der Waals surface area (Å²) >= 11 is 1.33. The second kappa shape index (κ2) is 5.34. The average molecular weight is 277 g/mol. The number of alkyl halides is 3. The Morgan fingerprint density at radius 1 is 1.28 bits per heavy atom. The molecule has 0 atom stereocenters. The van der Waals surface area contributed by atoms with Crippen molar-refractivity contribution in [1.29, 1.82) is 0 Å². The lowest BCUT2D eigenvalue weighted by Crippen LogP contribution is -2.13. The van der Waals surface area contributed by atoms with Crippen LogP contribution in [0.5, 0.6) is 0 Å². The standard InChI is InChI=1S/C11H14F3N3S/c12-11(13,14)10-16-8(15)5-9(17-10)18-6-7-3-1-2-4-7/h5,7H,1-4,6H2,(H2,15,16,17). The smallest absolute Gasteiger partial charge is 0.384 e. The Kier molecular flexibility index (Phi) is 3.99. The molecule has 0 aromatic carbocycles. The number of rotatable bonds is 3. The zero-order chi connectivity index (χ0) is 13.2. The van der Waals surface area contributed by atoms with Crippen LogP contribution in [-0.2, 0) is 6.18 Å². The molecule has 0 radical (unpaired) electrons. The number of hydrogen-bond acceptors (Lipinski definition) is 4. The maximum absolute atomic E-state index is 12.5. The van der Waals surface area contributed by atoms with E-state index in [1.54, 1.807) is 0 Å². The predicted octanol–water partition coefficient (Wildman–Crippen LogP) is 3.36. The van der Waals surface area contributed by atoms with E-state index in [4.69, 9.17) is 5.73 Å². The number of nitrogens with two attached hydrogens (primary N) is 1. The van der Waals surface area contributed by atoms with Crippen LogP contribution in [0.15, 0.2) is 11.1 Å². The molecule has 18 heavy (non-hydrogen) atoms. The van der Waals surface area contributed by atoms with E-state index in [9.17, 15) is 13.2 Å². The third-order valence-corrected chi connectivity index (χ3v) is 4.06. The highest BCUT2D eigenvalue weighted by atomic mass is 32.2. The number of thioether (sulfide) groups is 1. The summed E-state index contributed by atoms with van der Waals surface area (Å²) in [5.74, 6) is 0.0940. The van der Waals surface area contributed by atoms with Crippen LogP contribution in [0.1, 0.15) is 31.5 Å². The summed E-state index contributed by atoms with van der Waals surface area (Å²) in [4.78, 5) is 6.73. The molecule has 0 bridgehead atoms. The monoisotopic (exact) mass is 277 g/mol. The summed E-state index contributed by atoms with van der Waals surface area (Å²) in [5.41, 5.74) is 5.38. The molecular weight excluding hydrogens is 263 g/mol. The quantitative estimate of drug-likeness (QED) is 0.680. The van der Waals surface area contributed by atoms with Crippen molar-refractivity contribution < 1.29 is 13.2 Å². The molecule has 3 nitrogen and oxygen atoms in total. The highest BCUT2D eigenvalue weighted by Crippen LogP contribution is 2.32. The average Bonchev–Trinajstić information content (AvgIpc) is 2.77. The van der Waals surface area contributed by atoms with E-state index in [2.05, 4.69) is 9.97 Å². The first-order valence-corrected chi connectivity index (χ1v) is 6.78. The Morgan fingerprint density at radius 3 is 2.56 bits per heavy atom. The van der Waals surface area contributed by atoms with Crippen molar-refractivity contribution in [3.8, 4) is 0 Å². The molecule has 0 saturated heterocycles. The van der Waals surface area contributed by atoms with Crippen molar-refractivity contribution in [2.75, 3.05) is 11.5 Å². The molecule has 2 N–H and O–H groups in total. The molecule has 1 heterocycles. The molecule has 2 rings (SSSR count). The zero-order valence-electron chi connectivity index (χ0n) is 9.70. The molecule has 1 aromatic rings. The molecule has 1 saturated carbocycles. The van der Waals surface area contributed by atoms with Gasteiger partial charge in [-0.25, -0.2) is 9.97 Å². The molecule has 0 amide bonds. The van der Waals surface area contributed by atoms with E-state index in [0.29, 0.717) is 10.9 Å². The first kappa shape index (κ1) is 13.5. The lowest BCUT2D eigenvalue weighted by Gasteiger charge is -2.10. The molecule has 7 heteroatoms. The third kappa shape index (κ3) is 3.51. The number of nitrogen functional groups attached to an aromatic ring is 1. The van der Waals surface area contributed by atoms with Crippen molar-refractivity contribution in [2.45, 2.75) is 36.9 Å². The van der Waals surface area contributed by atoms with Gasteiger partial charge in [0.15, 0.2) is 0 Å².